The van der Waals surface area contributed by atoms with E-state index >= 15 is 0 Å². The molecule has 43 heteroatoms. The van der Waals surface area contributed by atoms with E-state index in [0.717, 1.165) is 161 Å². The highest BCUT2D eigenvalue weighted by atomic mass is 35.5. The van der Waals surface area contributed by atoms with Gasteiger partial charge in [0.2, 0.25) is 17.5 Å². The van der Waals surface area contributed by atoms with Crippen LogP contribution in [0.5, 0.6) is 5.75 Å². The maximum absolute atomic E-state index is 13.2. The lowest BCUT2D eigenvalue weighted by molar-refractivity contribution is -0.147. The number of H-pyrrole nitrogens is 3. The molecule has 3 aliphatic heterocycles. The van der Waals surface area contributed by atoms with E-state index in [4.69, 9.17) is 52.3 Å². The fourth-order valence-corrected chi connectivity index (χ4v) is 20.2. The average molecular weight is 1910 g/mol. The number of piperidine rings is 1. The minimum atomic E-state index is -4.54. The topological polar surface area (TPSA) is 446 Å². The van der Waals surface area contributed by atoms with Gasteiger partial charge in [0.15, 0.2) is 40.8 Å². The molecule has 0 amide bonds. The van der Waals surface area contributed by atoms with Crippen LogP contribution in [0.3, 0.4) is 0 Å². The lowest BCUT2D eigenvalue weighted by atomic mass is 9.99. The lowest BCUT2D eigenvalue weighted by Crippen LogP contribution is -2.36. The number of nitrogen functional groups attached to an aromatic ring is 2. The molecule has 16 aromatic heterocycles. The van der Waals surface area contributed by atoms with Crippen molar-refractivity contribution in [3.05, 3.63) is 191 Å². The molecule has 133 heavy (non-hydrogen) atoms. The molecular formula is C90H93ClF3N31O3S5. The summed E-state index contributed by atoms with van der Waals surface area (Å²) in [7, 11) is 1.61. The number of ether oxygens (including phenoxy) is 1. The van der Waals surface area contributed by atoms with Crippen molar-refractivity contribution in [3.63, 3.8) is 0 Å². The minimum Gasteiger partial charge on any atom is -0.495 e. The van der Waals surface area contributed by atoms with Crippen LogP contribution < -0.4 is 37.1 Å². The van der Waals surface area contributed by atoms with Gasteiger partial charge in [-0.05, 0) is 156 Å². The van der Waals surface area contributed by atoms with Crippen molar-refractivity contribution in [1.82, 2.24) is 115 Å². The van der Waals surface area contributed by atoms with Crippen molar-refractivity contribution in [2.75, 3.05) is 72.2 Å². The maximum Gasteiger partial charge on any atom is 0.451 e. The van der Waals surface area contributed by atoms with Crippen molar-refractivity contribution in [3.8, 4) is 52.2 Å². The highest BCUT2D eigenvalue weighted by Crippen LogP contribution is 2.41. The molecular weight excluding hydrogens is 1820 g/mol. The zero-order chi connectivity index (χ0) is 92.6. The van der Waals surface area contributed by atoms with Crippen molar-refractivity contribution < 1.29 is 27.4 Å². The second kappa shape index (κ2) is 40.8. The molecule has 0 bridgehead atoms. The summed E-state index contributed by atoms with van der Waals surface area (Å²) in [4.78, 5) is 77.9. The Bertz CT molecular complexity index is 7160. The van der Waals surface area contributed by atoms with Gasteiger partial charge < -0.3 is 61.1 Å². The number of nitrogens with one attached hydrogen (secondary N) is 6. The Hall–Kier alpha value is -13.4. The first-order valence-corrected chi connectivity index (χ1v) is 47.5. The monoisotopic (exact) mass is 1910 g/mol. The highest BCUT2D eigenvalue weighted by molar-refractivity contribution is 7.19. The molecule has 17 aromatic rings. The first-order valence-electron chi connectivity index (χ1n) is 43.0. The molecule has 0 saturated carbocycles. The van der Waals surface area contributed by atoms with E-state index < -0.39 is 12.0 Å². The van der Waals surface area contributed by atoms with E-state index in [9.17, 15) is 13.2 Å². The molecule has 34 nitrogen and oxygen atoms in total. The fraction of sp³-hybridized carbons (Fsp3) is 0.311. The molecule has 22 rings (SSSR count). The summed E-state index contributed by atoms with van der Waals surface area (Å²) in [5, 5.41) is 58.1. The number of nitrogens with zero attached hydrogens (tertiary/aromatic N) is 23. The zero-order valence-corrected chi connectivity index (χ0v) is 78.7. The molecule has 1 aromatic carbocycles. The van der Waals surface area contributed by atoms with Crippen LogP contribution in [0.4, 0.5) is 48.1 Å². The number of aromatic amines is 3. The number of hydrogen-bond acceptors (Lipinski definition) is 35. The van der Waals surface area contributed by atoms with E-state index in [1.54, 1.807) is 95.5 Å². The first-order chi connectivity index (χ1) is 64.4. The van der Waals surface area contributed by atoms with E-state index in [0.29, 0.717) is 95.3 Å². The second-order valence-corrected chi connectivity index (χ2v) is 37.7. The minimum absolute atomic E-state index is 0.0769. The Morgan fingerprint density at radius 1 is 0.707 bits per heavy atom. The standard InChI is InChI=1S/C19H18ClN5OS.C18H17F3N8OS.C18H22N4S.C12H13N5S.C12H12N4OS.C11H11N5/c1-10-11(2)27-19-16(10)18(23-17(24-19)14-6-7-22-25-14)21-9-12-4-5-15(26-3)13(20)8-12;1-3-4-10-7-11-14(22-13(23-16(11)31-10)15-26-24-9(2)30-15)28-5-6-29-12(8-28)25-27-17(29)18(19,20)21;1-12-6-8-22(9-7-12)11-14-10-15-16(19)20-17(21-18(15)23-14)13-4-2-3-5-13;1-7(2)15-9-8-3-6-18-12(8)17-11(16-9)10-13-4-5-14-10;17-6-5-14-10-8-3-7-18-12(8)16-11(15-10)9-2-1-4-13-9;1-6-4-7-9(5-6)14-11(15-10(7)12)8-2-3-13-16-8/h4-8H,9H2,1-3H3,(H,22,25)(H,21,23,24);7H,3-6,8H2,1-2H3;2-4,10,12H,5-9,11H2,1H3,(H2,19,20,21);3-7H,1-2H3,(H,13,14)(H,15,16,17);1-4,7,13,17H,5-6H2,(H,14,15,16);3-4H,2,5H2,1H3,(H2,12,14,15). The van der Waals surface area contributed by atoms with Crippen LogP contribution in [-0.2, 0) is 45.2 Å². The van der Waals surface area contributed by atoms with Gasteiger partial charge >= 0.3 is 6.18 Å². The summed E-state index contributed by atoms with van der Waals surface area (Å²) >= 11 is 14.4. The van der Waals surface area contributed by atoms with E-state index in [2.05, 4.69) is 194 Å². The van der Waals surface area contributed by atoms with E-state index in [-0.39, 0.29) is 37.2 Å². The third-order valence-electron chi connectivity index (χ3n) is 21.9. The van der Waals surface area contributed by atoms with Crippen LogP contribution in [0.25, 0.3) is 109 Å². The van der Waals surface area contributed by atoms with Gasteiger partial charge in [-0.15, -0.1) is 77.1 Å². The molecule has 1 fully saturated rings. The third-order valence-corrected chi connectivity index (χ3v) is 27.0. The number of methoxy groups -OCH3 is 1. The Morgan fingerprint density at radius 2 is 1.45 bits per heavy atom. The Labute approximate surface area is 785 Å². The number of allylic oxidation sites excluding steroid dienone is 5. The Kier molecular flexibility index (Phi) is 28.1. The molecule has 0 radical (unpaired) electrons. The average Bonchev–Trinajstić information content (AvgIpc) is 1.63. The quantitative estimate of drug-likeness (QED) is 0.0342. The Morgan fingerprint density at radius 3 is 2.15 bits per heavy atom. The van der Waals surface area contributed by atoms with Gasteiger partial charge in [-0.3, -0.25) is 10.00 Å². The van der Waals surface area contributed by atoms with Crippen LogP contribution in [0.15, 0.2) is 135 Å². The van der Waals surface area contributed by atoms with Crippen LogP contribution in [0.1, 0.15) is 133 Å². The number of hydrogen-bond donors (Lipinski definition) is 9. The molecule has 2 aliphatic carbocycles. The zero-order valence-electron chi connectivity index (χ0n) is 73.9. The van der Waals surface area contributed by atoms with Crippen LogP contribution in [-0.4, -0.2) is 178 Å². The number of aliphatic hydroxyl groups excluding tert-OH is 1. The molecule has 0 unspecified atom stereocenters. The number of imidazole rings is 1. The predicted octanol–water partition coefficient (Wildman–Crippen LogP) is 18.6. The largest absolute Gasteiger partial charge is 0.495 e. The fourth-order valence-electron chi connectivity index (χ4n) is 15.2. The van der Waals surface area contributed by atoms with E-state index in [1.807, 2.05) is 82.5 Å². The predicted molar refractivity (Wildman–Crippen MR) is 523 cm³/mol. The number of rotatable bonds is 20. The normalized spacial score (nSPS) is 14.1. The van der Waals surface area contributed by atoms with Crippen LogP contribution in [0.2, 0.25) is 5.02 Å². The van der Waals surface area contributed by atoms with Crippen LogP contribution >= 0.6 is 68.3 Å². The SMILES string of the molecule is CC(C)Nc1nc(-c2ncc[nH]2)nc2sccc12.CC1=Cc2c(N)nc(C3=NN=CC3)nc2C1.CC1CCN(Cc2cc3c(N)nc(C4=CC=CC4)nc3s2)CC1.CCCc1cc2c(N3CCn4c(nnc4C(F)(F)F)C3)nc(-c3nnc(C)o3)nc2s1.COc1ccc(CNc2nc(-c3ccn[nH]3)nc3sc(C)c(C)c23)cc1Cl.OCCNc1nc(-c2ccc[nH]2)nc2sccc12. The summed E-state index contributed by atoms with van der Waals surface area (Å²) in [6.45, 7) is 21.7. The highest BCUT2D eigenvalue weighted by Gasteiger charge is 2.40. The maximum atomic E-state index is 13.2. The van der Waals surface area contributed by atoms with Gasteiger partial charge in [-0.2, -0.15) is 28.5 Å². The van der Waals surface area contributed by atoms with Crippen molar-refractivity contribution in [1.29, 1.82) is 0 Å². The molecule has 0 spiro atoms. The van der Waals surface area contributed by atoms with Crippen molar-refractivity contribution >= 4 is 178 Å². The molecule has 19 heterocycles. The van der Waals surface area contributed by atoms with E-state index in [1.165, 1.54) is 46.8 Å². The molecule has 0 atom stereocenters. The summed E-state index contributed by atoms with van der Waals surface area (Å²) in [6.07, 6.45) is 19.4. The number of aliphatic hydroxyl groups is 1. The number of nitrogens with two attached hydrogens (primary N) is 2. The number of likely N-dealkylation sites (tertiary alicyclic amines) is 1. The number of thiophene rings is 5. The van der Waals surface area contributed by atoms with Gasteiger partial charge in [0.25, 0.3) is 5.89 Å². The lowest BCUT2D eigenvalue weighted by Gasteiger charge is -2.29. The second-order valence-electron chi connectivity index (χ2n) is 32.0. The molecule has 1 saturated heterocycles. The first kappa shape index (κ1) is 91.5. The summed E-state index contributed by atoms with van der Waals surface area (Å²) in [5.74, 6) is 9.84. The molecule has 684 valence electrons. The number of fused-ring (bicyclic) bond motifs is 7. The molecule has 11 N–H and O–H groups in total. The van der Waals surface area contributed by atoms with Gasteiger partial charge in [0.05, 0.1) is 63.6 Å². The number of aryl methyl sites for hydroxylation is 4. The summed E-state index contributed by atoms with van der Waals surface area (Å²) in [5.41, 5.74) is 21.2. The van der Waals surface area contributed by atoms with Gasteiger partial charge in [0.1, 0.15) is 76.2 Å². The number of alkyl halides is 3. The molecule has 5 aliphatic rings. The van der Waals surface area contributed by atoms with Crippen LogP contribution in [0, 0.1) is 26.7 Å². The summed E-state index contributed by atoms with van der Waals surface area (Å²) in [6, 6.07) is 20.0. The van der Waals surface area contributed by atoms with Gasteiger partial charge in [-0.25, -0.2) is 64.8 Å². The van der Waals surface area contributed by atoms with Gasteiger partial charge in [-0.1, -0.05) is 67.8 Å². The van der Waals surface area contributed by atoms with Crippen molar-refractivity contribution in [2.45, 2.75) is 139 Å². The smallest absolute Gasteiger partial charge is 0.451 e. The Balaban J connectivity index is 0.000000113. The number of aromatic nitrogens is 22. The van der Waals surface area contributed by atoms with Gasteiger partial charge in [0, 0.05) is 115 Å². The number of anilines is 6. The third kappa shape index (κ3) is 21.2. The number of halogens is 4. The summed E-state index contributed by atoms with van der Waals surface area (Å²) < 4.78 is 51.4. The van der Waals surface area contributed by atoms with Crippen molar-refractivity contribution in [2.24, 2.45) is 16.1 Å². The number of benzene rings is 1.